The highest BCUT2D eigenvalue weighted by Gasteiger charge is 2.25. The molecule has 1 aromatic heterocycles. The van der Waals surface area contributed by atoms with Crippen LogP contribution in [-0.4, -0.2) is 52.9 Å². The van der Waals surface area contributed by atoms with Crippen LogP contribution in [0.15, 0.2) is 54.9 Å². The van der Waals surface area contributed by atoms with Gasteiger partial charge in [-0.15, -0.1) is 0 Å². The summed E-state index contributed by atoms with van der Waals surface area (Å²) in [6, 6.07) is 14.1. The molecule has 1 aliphatic carbocycles. The van der Waals surface area contributed by atoms with Gasteiger partial charge in [-0.25, -0.2) is 4.98 Å². The highest BCUT2D eigenvalue weighted by Crippen LogP contribution is 2.41. The first-order valence-electron chi connectivity index (χ1n) is 11.8. The Labute approximate surface area is 199 Å². The molecule has 2 aliphatic rings. The number of rotatable bonds is 2. The smallest absolute Gasteiger partial charge is 0.274 e. The fourth-order valence-electron chi connectivity index (χ4n) is 4.24. The molecule has 2 aromatic carbocycles. The fourth-order valence-corrected chi connectivity index (χ4v) is 4.24. The number of aromatic nitrogens is 2. The second kappa shape index (κ2) is 9.63. The molecule has 0 radical (unpaired) electrons. The molecule has 0 saturated heterocycles. The summed E-state index contributed by atoms with van der Waals surface area (Å²) in [6.07, 6.45) is 6.21. The van der Waals surface area contributed by atoms with Crippen LogP contribution >= 0.6 is 0 Å². The Morgan fingerprint density at radius 2 is 1.97 bits per heavy atom. The van der Waals surface area contributed by atoms with Crippen LogP contribution in [0.1, 0.15) is 62.0 Å². The highest BCUT2D eigenvalue weighted by molar-refractivity contribution is 5.94. The third-order valence-electron chi connectivity index (χ3n) is 6.29. The first kappa shape index (κ1) is 22.1. The molecule has 0 unspecified atom stereocenters. The van der Waals surface area contributed by atoms with Crippen molar-refractivity contribution in [3.05, 3.63) is 88.5 Å². The lowest BCUT2D eigenvalue weighted by Gasteiger charge is -2.23. The summed E-state index contributed by atoms with van der Waals surface area (Å²) < 4.78 is 6.20. The third-order valence-corrected chi connectivity index (χ3v) is 6.29. The Balaban J connectivity index is 1.43. The minimum Gasteiger partial charge on any atom is -0.491 e. The number of hydrogen-bond donors (Lipinski definition) is 1. The SMILES string of the molecule is Cc1cnc(C(=O)N2CCNC(=O)c3cccc(c3)Cc3cc(C4CC4)ccc3OCC2)cn1. The highest BCUT2D eigenvalue weighted by atomic mass is 16.5. The fraction of sp³-hybridized carbons (Fsp3) is 0.333. The number of aryl methyl sites for hydroxylation is 1. The molecular formula is C27H28N4O3. The Morgan fingerprint density at radius 3 is 2.76 bits per heavy atom. The van der Waals surface area contributed by atoms with Crippen molar-refractivity contribution < 1.29 is 14.3 Å². The van der Waals surface area contributed by atoms with Crippen molar-refractivity contribution in [2.45, 2.75) is 32.1 Å². The number of amides is 2. The summed E-state index contributed by atoms with van der Waals surface area (Å²) >= 11 is 0. The molecule has 2 amide bonds. The number of benzene rings is 2. The molecule has 7 heteroatoms. The molecular weight excluding hydrogens is 428 g/mol. The molecule has 5 rings (SSSR count). The van der Waals surface area contributed by atoms with Crippen LogP contribution in [0.4, 0.5) is 0 Å². The van der Waals surface area contributed by atoms with Crippen LogP contribution < -0.4 is 10.1 Å². The van der Waals surface area contributed by atoms with Gasteiger partial charge in [0.15, 0.2) is 0 Å². The van der Waals surface area contributed by atoms with E-state index in [9.17, 15) is 9.59 Å². The van der Waals surface area contributed by atoms with Gasteiger partial charge in [-0.1, -0.05) is 24.3 Å². The maximum atomic E-state index is 13.1. The van der Waals surface area contributed by atoms with Crippen molar-refractivity contribution in [3.8, 4) is 5.75 Å². The van der Waals surface area contributed by atoms with Crippen molar-refractivity contribution in [1.82, 2.24) is 20.2 Å². The van der Waals surface area contributed by atoms with E-state index in [1.165, 1.54) is 24.6 Å². The molecule has 34 heavy (non-hydrogen) atoms. The van der Waals surface area contributed by atoms with Crippen LogP contribution in [0.2, 0.25) is 0 Å². The predicted octanol–water partition coefficient (Wildman–Crippen LogP) is 3.52. The minimum atomic E-state index is -0.233. The van der Waals surface area contributed by atoms with Gasteiger partial charge in [-0.05, 0) is 60.6 Å². The van der Waals surface area contributed by atoms with Gasteiger partial charge in [0.05, 0.1) is 18.4 Å². The van der Waals surface area contributed by atoms with Gasteiger partial charge in [-0.2, -0.15) is 0 Å². The maximum absolute atomic E-state index is 13.1. The zero-order valence-corrected chi connectivity index (χ0v) is 19.3. The van der Waals surface area contributed by atoms with Gasteiger partial charge in [0.2, 0.25) is 0 Å². The normalized spacial score (nSPS) is 16.6. The van der Waals surface area contributed by atoms with E-state index in [2.05, 4.69) is 27.4 Å². The van der Waals surface area contributed by atoms with Gasteiger partial charge < -0.3 is 15.0 Å². The van der Waals surface area contributed by atoms with E-state index in [0.29, 0.717) is 44.1 Å². The van der Waals surface area contributed by atoms with Crippen molar-refractivity contribution >= 4 is 11.8 Å². The van der Waals surface area contributed by atoms with Crippen LogP contribution in [0.3, 0.4) is 0 Å². The van der Waals surface area contributed by atoms with Crippen molar-refractivity contribution in [1.29, 1.82) is 0 Å². The summed E-state index contributed by atoms with van der Waals surface area (Å²) in [6.45, 7) is 3.22. The average molecular weight is 457 g/mol. The number of ether oxygens (including phenoxy) is 1. The number of carbonyl (C=O) groups excluding carboxylic acids is 2. The molecule has 0 spiro atoms. The monoisotopic (exact) mass is 456 g/mol. The number of carbonyl (C=O) groups is 2. The molecule has 174 valence electrons. The van der Waals surface area contributed by atoms with Gasteiger partial charge in [-0.3, -0.25) is 14.6 Å². The second-order valence-corrected chi connectivity index (χ2v) is 8.96. The van der Waals surface area contributed by atoms with Crippen LogP contribution in [0, 0.1) is 6.92 Å². The van der Waals surface area contributed by atoms with E-state index in [0.717, 1.165) is 22.6 Å². The molecule has 1 aliphatic heterocycles. The van der Waals surface area contributed by atoms with Crippen molar-refractivity contribution in [2.24, 2.45) is 0 Å². The Kier molecular flexibility index (Phi) is 6.25. The van der Waals surface area contributed by atoms with E-state index >= 15 is 0 Å². The third kappa shape index (κ3) is 5.09. The summed E-state index contributed by atoms with van der Waals surface area (Å²) in [4.78, 5) is 35.9. The number of nitrogens with one attached hydrogen (secondary N) is 1. The lowest BCUT2D eigenvalue weighted by molar-refractivity contribution is 0.0717. The van der Waals surface area contributed by atoms with Gasteiger partial charge in [0, 0.05) is 31.3 Å². The lowest BCUT2D eigenvalue weighted by Crippen LogP contribution is -2.41. The molecule has 1 saturated carbocycles. The summed E-state index contributed by atoms with van der Waals surface area (Å²) in [5.74, 6) is 1.08. The predicted molar refractivity (Wildman–Crippen MR) is 128 cm³/mol. The van der Waals surface area contributed by atoms with Crippen molar-refractivity contribution in [3.63, 3.8) is 0 Å². The Hall–Kier alpha value is -3.74. The summed E-state index contributed by atoms with van der Waals surface area (Å²) in [7, 11) is 0. The number of hydrogen-bond acceptors (Lipinski definition) is 5. The molecule has 2 heterocycles. The van der Waals surface area contributed by atoms with Gasteiger partial charge in [0.25, 0.3) is 11.8 Å². The Bertz CT molecular complexity index is 1200. The topological polar surface area (TPSA) is 84.4 Å². The molecule has 3 aromatic rings. The molecule has 1 N–H and O–H groups in total. The lowest BCUT2D eigenvalue weighted by atomic mass is 9.98. The van der Waals surface area contributed by atoms with Crippen LogP contribution in [-0.2, 0) is 6.42 Å². The molecule has 1 fully saturated rings. The van der Waals surface area contributed by atoms with Gasteiger partial charge >= 0.3 is 0 Å². The van der Waals surface area contributed by atoms with Crippen LogP contribution in [0.5, 0.6) is 5.75 Å². The molecule has 0 atom stereocenters. The average Bonchev–Trinajstić information content (AvgIpc) is 3.69. The zero-order valence-electron chi connectivity index (χ0n) is 19.3. The number of fused-ring (bicyclic) bond motifs is 3. The van der Waals surface area contributed by atoms with Gasteiger partial charge in [0.1, 0.15) is 18.1 Å². The van der Waals surface area contributed by atoms with E-state index in [-0.39, 0.29) is 17.5 Å². The first-order valence-corrected chi connectivity index (χ1v) is 11.8. The van der Waals surface area contributed by atoms with E-state index < -0.39 is 0 Å². The molecule has 7 nitrogen and oxygen atoms in total. The maximum Gasteiger partial charge on any atom is 0.274 e. The van der Waals surface area contributed by atoms with E-state index in [1.54, 1.807) is 11.1 Å². The van der Waals surface area contributed by atoms with Crippen LogP contribution in [0.25, 0.3) is 0 Å². The van der Waals surface area contributed by atoms with E-state index in [1.807, 2.05) is 37.3 Å². The quantitative estimate of drug-likeness (QED) is 0.638. The number of nitrogens with zero attached hydrogens (tertiary/aromatic N) is 3. The zero-order chi connectivity index (χ0) is 23.5. The standard InChI is InChI=1S/C27H28N4O3/c1-18-16-30-24(17-29-18)27(33)31-10-9-28-26(32)22-4-2-3-19(13-22)14-23-15-21(20-5-6-20)7-8-25(23)34-12-11-31/h2-4,7-8,13,15-17,20H,5-6,9-12,14H2,1H3,(H,28,32). The summed E-state index contributed by atoms with van der Waals surface area (Å²) in [5, 5.41) is 2.93. The van der Waals surface area contributed by atoms with E-state index in [4.69, 9.17) is 4.74 Å². The molecule has 2 bridgehead atoms. The Morgan fingerprint density at radius 1 is 1.09 bits per heavy atom. The van der Waals surface area contributed by atoms with Crippen molar-refractivity contribution in [2.75, 3.05) is 26.2 Å². The first-order chi connectivity index (χ1) is 16.6. The largest absolute Gasteiger partial charge is 0.491 e. The second-order valence-electron chi connectivity index (χ2n) is 8.96. The summed E-state index contributed by atoms with van der Waals surface area (Å²) in [5.41, 5.74) is 5.14. The minimum absolute atomic E-state index is 0.148.